The number of hydrogen-bond acceptors (Lipinski definition) is 8. The van der Waals surface area contributed by atoms with Gasteiger partial charge in [0.2, 0.25) is 0 Å². The van der Waals surface area contributed by atoms with Gasteiger partial charge in [-0.2, -0.15) is 18.3 Å². The van der Waals surface area contributed by atoms with E-state index < -0.39 is 25.8 Å². The first-order valence-electron chi connectivity index (χ1n) is 16.5. The summed E-state index contributed by atoms with van der Waals surface area (Å²) in [7, 11) is 0.590. The van der Waals surface area contributed by atoms with Crippen LogP contribution in [0.4, 0.5) is 23.7 Å². The normalized spacial score (nSPS) is 17.6. The number of nitrogens with one attached hydrogen (secondary N) is 1. The lowest BCUT2D eigenvalue weighted by Gasteiger charge is -2.54. The number of aromatic nitrogens is 6. The highest BCUT2D eigenvalue weighted by Crippen LogP contribution is 2.38. The predicted molar refractivity (Wildman–Crippen MR) is 184 cm³/mol. The number of urea groups is 1. The Labute approximate surface area is 284 Å². The predicted octanol–water partition coefficient (Wildman–Crippen LogP) is 5.82. The minimum Gasteiger partial charge on any atom is -0.361 e. The molecule has 2 aliphatic heterocycles. The molecule has 0 atom stereocenters. The number of piperidine rings is 1. The molecule has 2 amide bonds. The average molecular weight is 697 g/mol. The standard InChI is InChI=1S/C33H43F3N10O2Si/c1-37-11-9-32(20-45(21-32)25-6-12-43(13-7-25)31(47)42-28-5-10-38-18-27(28)33(34,35)36)46-19-24(17-41-46)29-26-8-14-44(30(26)40-22-39-29)23-48-15-16-49(2,3)4/h5,8,10-11,14,17-19,22,25H,6-7,9,12-13,15-16,20-21,23H2,1-4H3,(H,38,42,47). The van der Waals surface area contributed by atoms with E-state index in [1.807, 2.05) is 40.1 Å². The van der Waals surface area contributed by atoms with Gasteiger partial charge < -0.3 is 24.5 Å². The number of hydrogen-bond donors (Lipinski definition) is 1. The topological polar surface area (TPSA) is 119 Å². The van der Waals surface area contributed by atoms with Crippen molar-refractivity contribution in [2.75, 3.05) is 45.2 Å². The van der Waals surface area contributed by atoms with E-state index in [9.17, 15) is 18.0 Å². The summed E-state index contributed by atoms with van der Waals surface area (Å²) in [5, 5.41) is 8.18. The van der Waals surface area contributed by atoms with Gasteiger partial charge in [-0.05, 0) is 31.0 Å². The summed E-state index contributed by atoms with van der Waals surface area (Å²) in [4.78, 5) is 33.8. The van der Waals surface area contributed by atoms with Crippen LogP contribution in [0.2, 0.25) is 25.7 Å². The molecule has 16 heteroatoms. The number of rotatable bonds is 11. The number of carbonyl (C=O) groups is 1. The highest BCUT2D eigenvalue weighted by Gasteiger charge is 2.48. The zero-order valence-corrected chi connectivity index (χ0v) is 29.3. The molecule has 1 N–H and O–H groups in total. The number of halogens is 3. The Morgan fingerprint density at radius 3 is 2.65 bits per heavy atom. The third-order valence-electron chi connectivity index (χ3n) is 9.41. The van der Waals surface area contributed by atoms with E-state index >= 15 is 0 Å². The molecule has 262 valence electrons. The minimum absolute atomic E-state index is 0.242. The molecular formula is C33H43F3N10O2Si. The summed E-state index contributed by atoms with van der Waals surface area (Å²) in [6.45, 7) is 10.6. The molecule has 0 unspecified atom stereocenters. The fourth-order valence-corrected chi connectivity index (χ4v) is 7.29. The van der Waals surface area contributed by atoms with Gasteiger partial charge in [-0.1, -0.05) is 19.6 Å². The van der Waals surface area contributed by atoms with Crippen LogP contribution in [0.15, 0.2) is 54.4 Å². The summed E-state index contributed by atoms with van der Waals surface area (Å²) in [5.41, 5.74) is 0.984. The van der Waals surface area contributed by atoms with E-state index in [2.05, 4.69) is 49.8 Å². The lowest BCUT2D eigenvalue weighted by molar-refractivity contribution is -0.137. The molecule has 0 saturated carbocycles. The molecule has 0 bridgehead atoms. The van der Waals surface area contributed by atoms with Crippen LogP contribution in [-0.4, -0.2) is 105 Å². The minimum atomic E-state index is -4.61. The van der Waals surface area contributed by atoms with Crippen molar-refractivity contribution in [3.8, 4) is 11.3 Å². The summed E-state index contributed by atoms with van der Waals surface area (Å²) in [5.74, 6) is 0. The molecule has 2 fully saturated rings. The van der Waals surface area contributed by atoms with Crippen LogP contribution in [0.25, 0.3) is 22.3 Å². The monoisotopic (exact) mass is 696 g/mol. The van der Waals surface area contributed by atoms with Gasteiger partial charge >= 0.3 is 12.2 Å². The number of likely N-dealkylation sites (tertiary alicyclic amines) is 2. The molecule has 12 nitrogen and oxygen atoms in total. The Hall–Kier alpha value is -4.15. The summed E-state index contributed by atoms with van der Waals surface area (Å²) in [6, 6.07) is 3.99. The fraction of sp³-hybridized carbons (Fsp3) is 0.515. The Morgan fingerprint density at radius 2 is 1.94 bits per heavy atom. The SMILES string of the molecule is CN=CCC1(n2cc(-c3ncnc4c3ccn4COCC[Si](C)(C)C)cn2)CN(C2CCN(C(=O)Nc3ccncc3C(F)(F)F)CC2)C1. The first kappa shape index (κ1) is 34.7. The van der Waals surface area contributed by atoms with Crippen molar-refractivity contribution in [3.63, 3.8) is 0 Å². The smallest absolute Gasteiger partial charge is 0.361 e. The van der Waals surface area contributed by atoms with Crippen LogP contribution >= 0.6 is 0 Å². The Bertz CT molecular complexity index is 1790. The van der Waals surface area contributed by atoms with Gasteiger partial charge in [-0.15, -0.1) is 0 Å². The molecule has 6 rings (SSSR count). The van der Waals surface area contributed by atoms with Gasteiger partial charge in [0.1, 0.15) is 18.7 Å². The van der Waals surface area contributed by atoms with Crippen molar-refractivity contribution in [3.05, 3.63) is 55.0 Å². The summed E-state index contributed by atoms with van der Waals surface area (Å²) >= 11 is 0. The lowest BCUT2D eigenvalue weighted by Crippen LogP contribution is -2.66. The van der Waals surface area contributed by atoms with Crippen molar-refractivity contribution < 1.29 is 22.7 Å². The fourth-order valence-electron chi connectivity index (χ4n) is 6.54. The number of amides is 2. The molecule has 49 heavy (non-hydrogen) atoms. The van der Waals surface area contributed by atoms with E-state index in [-0.39, 0.29) is 17.3 Å². The Morgan fingerprint density at radius 1 is 1.16 bits per heavy atom. The Balaban J connectivity index is 1.09. The molecule has 2 aliphatic rings. The third-order valence-corrected chi connectivity index (χ3v) is 11.1. The first-order valence-corrected chi connectivity index (χ1v) is 20.2. The summed E-state index contributed by atoms with van der Waals surface area (Å²) < 4.78 is 50.2. The average Bonchev–Trinajstić information content (AvgIpc) is 3.70. The van der Waals surface area contributed by atoms with E-state index in [1.54, 1.807) is 18.3 Å². The van der Waals surface area contributed by atoms with E-state index in [0.29, 0.717) is 26.2 Å². The van der Waals surface area contributed by atoms with Crippen molar-refractivity contribution in [1.29, 1.82) is 0 Å². The maximum absolute atomic E-state index is 13.4. The molecular weight excluding hydrogens is 654 g/mol. The van der Waals surface area contributed by atoms with Crippen LogP contribution in [-0.2, 0) is 23.2 Å². The van der Waals surface area contributed by atoms with Crippen LogP contribution in [0.3, 0.4) is 0 Å². The highest BCUT2D eigenvalue weighted by atomic mass is 28.3. The van der Waals surface area contributed by atoms with E-state index in [4.69, 9.17) is 9.84 Å². The van der Waals surface area contributed by atoms with E-state index in [0.717, 1.165) is 67.1 Å². The lowest BCUT2D eigenvalue weighted by atomic mass is 9.83. The van der Waals surface area contributed by atoms with Crippen LogP contribution in [0.1, 0.15) is 24.8 Å². The molecule has 4 aromatic rings. The van der Waals surface area contributed by atoms with Crippen molar-refractivity contribution in [1.82, 2.24) is 39.1 Å². The largest absolute Gasteiger partial charge is 0.419 e. The van der Waals surface area contributed by atoms with Crippen molar-refractivity contribution in [2.24, 2.45) is 4.99 Å². The summed E-state index contributed by atoms with van der Waals surface area (Å²) in [6.07, 6.45) is 8.87. The van der Waals surface area contributed by atoms with E-state index in [1.165, 1.54) is 12.3 Å². The highest BCUT2D eigenvalue weighted by molar-refractivity contribution is 6.76. The molecule has 0 spiro atoms. The van der Waals surface area contributed by atoms with Crippen LogP contribution in [0.5, 0.6) is 0 Å². The number of nitrogens with zero attached hydrogens (tertiary/aromatic N) is 9. The maximum Gasteiger partial charge on any atom is 0.419 e. The van der Waals surface area contributed by atoms with Crippen LogP contribution in [0, 0.1) is 0 Å². The molecule has 4 aromatic heterocycles. The zero-order valence-electron chi connectivity index (χ0n) is 28.3. The maximum atomic E-state index is 13.4. The van der Waals surface area contributed by atoms with Crippen molar-refractivity contribution in [2.45, 2.75) is 69.4 Å². The van der Waals surface area contributed by atoms with Gasteiger partial charge in [0.25, 0.3) is 0 Å². The second-order valence-electron chi connectivity index (χ2n) is 14.1. The molecule has 0 aromatic carbocycles. The number of fused-ring (bicyclic) bond motifs is 1. The number of aliphatic imine (C=N–C) groups is 1. The zero-order chi connectivity index (χ0) is 34.8. The van der Waals surface area contributed by atoms with Gasteiger partial charge in [-0.25, -0.2) is 14.8 Å². The number of pyridine rings is 1. The van der Waals surface area contributed by atoms with Gasteiger partial charge in [0.05, 0.1) is 28.7 Å². The number of anilines is 1. The second kappa shape index (κ2) is 14.0. The second-order valence-corrected chi connectivity index (χ2v) is 19.7. The third kappa shape index (κ3) is 7.70. The number of alkyl halides is 3. The first-order chi connectivity index (χ1) is 23.4. The van der Waals surface area contributed by atoms with Gasteiger partial charge in [0.15, 0.2) is 0 Å². The van der Waals surface area contributed by atoms with Gasteiger partial charge in [-0.3, -0.25) is 14.6 Å². The molecule has 0 radical (unpaired) electrons. The van der Waals surface area contributed by atoms with Crippen molar-refractivity contribution >= 4 is 37.0 Å². The Kier molecular flexibility index (Phi) is 9.91. The van der Waals surface area contributed by atoms with Crippen LogP contribution < -0.4 is 5.32 Å². The molecule has 2 saturated heterocycles. The molecule has 0 aliphatic carbocycles. The molecule has 6 heterocycles. The number of ether oxygens (including phenoxy) is 1. The van der Waals surface area contributed by atoms with Gasteiger partial charge in [0, 0.05) is 102 Å². The quantitative estimate of drug-likeness (QED) is 0.119. The number of carbonyl (C=O) groups excluding carboxylic acids is 1.